The van der Waals surface area contributed by atoms with Crippen molar-refractivity contribution in [2.75, 3.05) is 6.61 Å². The molecule has 4 heterocycles. The highest BCUT2D eigenvalue weighted by atomic mass is 32.2. The summed E-state index contributed by atoms with van der Waals surface area (Å²) in [5, 5.41) is 14.6. The number of alkyl halides is 3. The maximum absolute atomic E-state index is 13.6. The van der Waals surface area contributed by atoms with Crippen LogP contribution in [0.1, 0.15) is 55.9 Å². The van der Waals surface area contributed by atoms with E-state index in [4.69, 9.17) is 14.1 Å². The predicted molar refractivity (Wildman–Crippen MR) is 163 cm³/mol. The number of nitrogens with zero attached hydrogens (tertiary/aromatic N) is 2. The Bertz CT molecular complexity index is 1870. The molecular formula is C33H28F3N3O5S. The number of carbonyl (C=O) groups is 2. The quantitative estimate of drug-likeness (QED) is 0.166. The minimum absolute atomic E-state index is 0.0207. The summed E-state index contributed by atoms with van der Waals surface area (Å²) < 4.78 is 51.8. The number of aromatic nitrogens is 2. The van der Waals surface area contributed by atoms with E-state index in [9.17, 15) is 27.9 Å². The van der Waals surface area contributed by atoms with Gasteiger partial charge in [0.25, 0.3) is 5.91 Å². The number of aryl methyl sites for hydroxylation is 2. The molecule has 0 unspecified atom stereocenters. The fourth-order valence-electron chi connectivity index (χ4n) is 5.46. The Kier molecular flexibility index (Phi) is 8.32. The average molecular weight is 636 g/mol. The molecule has 5 aromatic rings. The summed E-state index contributed by atoms with van der Waals surface area (Å²) in [5.41, 5.74) is 3.21. The molecule has 0 aliphatic carbocycles. The molecule has 8 nitrogen and oxygen atoms in total. The molecule has 2 N–H and O–H groups in total. The molecule has 2 aromatic carbocycles. The van der Waals surface area contributed by atoms with Gasteiger partial charge in [-0.25, -0.2) is 9.78 Å². The molecule has 3 aromatic heterocycles. The largest absolute Gasteiger partial charge is 0.494 e. The monoisotopic (exact) mass is 635 g/mol. The molecular weight excluding hydrogens is 607 g/mol. The molecule has 1 aliphatic heterocycles. The van der Waals surface area contributed by atoms with Crippen LogP contribution in [-0.4, -0.2) is 33.1 Å². The van der Waals surface area contributed by atoms with E-state index in [1.165, 1.54) is 18.4 Å². The fourth-order valence-corrected chi connectivity index (χ4v) is 6.50. The number of thioether (sulfide) groups is 1. The third-order valence-corrected chi connectivity index (χ3v) is 8.58. The van der Waals surface area contributed by atoms with Crippen molar-refractivity contribution in [3.63, 3.8) is 0 Å². The van der Waals surface area contributed by atoms with E-state index in [1.807, 2.05) is 0 Å². The van der Waals surface area contributed by atoms with E-state index >= 15 is 0 Å². The van der Waals surface area contributed by atoms with Gasteiger partial charge in [-0.1, -0.05) is 24.3 Å². The van der Waals surface area contributed by atoms with Crippen molar-refractivity contribution in [1.82, 2.24) is 14.9 Å². The number of hydrogen-bond donors (Lipinski definition) is 2. The zero-order chi connectivity index (χ0) is 31.7. The van der Waals surface area contributed by atoms with Crippen LogP contribution >= 0.6 is 11.8 Å². The van der Waals surface area contributed by atoms with Gasteiger partial charge in [0.2, 0.25) is 5.88 Å². The molecule has 12 heteroatoms. The van der Waals surface area contributed by atoms with Gasteiger partial charge in [-0.05, 0) is 67.3 Å². The van der Waals surface area contributed by atoms with Crippen molar-refractivity contribution in [2.24, 2.45) is 0 Å². The van der Waals surface area contributed by atoms with Crippen LogP contribution in [0.2, 0.25) is 0 Å². The van der Waals surface area contributed by atoms with E-state index in [0.29, 0.717) is 62.7 Å². The Morgan fingerprint density at radius 3 is 2.51 bits per heavy atom. The molecule has 0 atom stereocenters. The lowest BCUT2D eigenvalue weighted by Crippen LogP contribution is -2.22. The van der Waals surface area contributed by atoms with Gasteiger partial charge in [0.1, 0.15) is 5.76 Å². The summed E-state index contributed by atoms with van der Waals surface area (Å²) in [6, 6.07) is 15.1. The Morgan fingerprint density at radius 2 is 1.84 bits per heavy atom. The van der Waals surface area contributed by atoms with Crippen LogP contribution < -0.4 is 5.32 Å². The molecule has 0 fully saturated rings. The standard InChI is InChI=1S/C33H28F3N3O5S/c1-2-43-32(42)27-24(14-7-19-5-12-22(13-6-19)33(34,35)36)38-29-25-17-45-18-39(25)31(41)28(29)26(27)20-8-10-21(11-9-20)30(40)37-16-23-4-3-15-44-23/h3-6,8-13,15,41H,2,7,14,16-18H2,1H3,(H,37,40). The Balaban J connectivity index is 1.42. The van der Waals surface area contributed by atoms with Crippen LogP contribution in [0.3, 0.4) is 0 Å². The van der Waals surface area contributed by atoms with Gasteiger partial charge in [0.15, 0.2) is 0 Å². The number of furan rings is 1. The second-order valence-corrected chi connectivity index (χ2v) is 11.4. The van der Waals surface area contributed by atoms with Crippen LogP contribution in [0.25, 0.3) is 22.0 Å². The van der Waals surface area contributed by atoms with Crippen LogP contribution in [0.5, 0.6) is 5.88 Å². The molecule has 0 saturated heterocycles. The molecule has 6 rings (SSSR count). The predicted octanol–water partition coefficient (Wildman–Crippen LogP) is 7.12. The average Bonchev–Trinajstić information content (AvgIpc) is 3.78. The lowest BCUT2D eigenvalue weighted by atomic mass is 9.92. The first-order chi connectivity index (χ1) is 21.7. The van der Waals surface area contributed by atoms with Crippen molar-refractivity contribution in [1.29, 1.82) is 0 Å². The SMILES string of the molecule is CCOC(=O)c1c(CCc2ccc(C(F)(F)F)cc2)nc2c3n(c(O)c2c1-c1ccc(C(=O)NCc2ccco2)cc1)CSC3. The van der Waals surface area contributed by atoms with Crippen molar-refractivity contribution >= 4 is 34.5 Å². The number of aromatic hydroxyl groups is 1. The Morgan fingerprint density at radius 1 is 1.09 bits per heavy atom. The minimum atomic E-state index is -4.44. The summed E-state index contributed by atoms with van der Waals surface area (Å²) in [4.78, 5) is 31.3. The summed E-state index contributed by atoms with van der Waals surface area (Å²) in [6.45, 7) is 2.00. The van der Waals surface area contributed by atoms with Crippen molar-refractivity contribution in [3.05, 3.63) is 106 Å². The van der Waals surface area contributed by atoms with E-state index in [0.717, 1.165) is 17.8 Å². The number of amides is 1. The number of benzene rings is 2. The van der Waals surface area contributed by atoms with Gasteiger partial charge in [-0.2, -0.15) is 13.2 Å². The molecule has 0 spiro atoms. The zero-order valence-electron chi connectivity index (χ0n) is 24.1. The number of nitrogens with one attached hydrogen (secondary N) is 1. The second kappa shape index (κ2) is 12.4. The van der Waals surface area contributed by atoms with Gasteiger partial charge in [0.05, 0.1) is 58.7 Å². The third-order valence-electron chi connectivity index (χ3n) is 7.66. The number of hydrogen-bond acceptors (Lipinski definition) is 7. The summed E-state index contributed by atoms with van der Waals surface area (Å²) >= 11 is 1.62. The first-order valence-electron chi connectivity index (χ1n) is 14.2. The van der Waals surface area contributed by atoms with Crippen molar-refractivity contribution in [3.8, 4) is 17.0 Å². The van der Waals surface area contributed by atoms with Gasteiger partial charge >= 0.3 is 12.1 Å². The lowest BCUT2D eigenvalue weighted by molar-refractivity contribution is -0.137. The molecule has 45 heavy (non-hydrogen) atoms. The zero-order valence-corrected chi connectivity index (χ0v) is 24.9. The van der Waals surface area contributed by atoms with Crippen molar-refractivity contribution in [2.45, 2.75) is 44.1 Å². The van der Waals surface area contributed by atoms with E-state index in [-0.39, 0.29) is 36.9 Å². The maximum Gasteiger partial charge on any atom is 0.416 e. The second-order valence-electron chi connectivity index (χ2n) is 10.5. The number of esters is 1. The number of carbonyl (C=O) groups excluding carboxylic acids is 2. The topological polar surface area (TPSA) is 107 Å². The summed E-state index contributed by atoms with van der Waals surface area (Å²) in [5.74, 6) is 0.759. The molecule has 1 amide bonds. The molecule has 0 bridgehead atoms. The summed E-state index contributed by atoms with van der Waals surface area (Å²) in [7, 11) is 0. The highest BCUT2D eigenvalue weighted by Gasteiger charge is 2.32. The van der Waals surface area contributed by atoms with Gasteiger partial charge < -0.3 is 24.1 Å². The van der Waals surface area contributed by atoms with E-state index in [2.05, 4.69) is 5.32 Å². The van der Waals surface area contributed by atoms with Gasteiger partial charge in [-0.3, -0.25) is 4.79 Å². The summed E-state index contributed by atoms with van der Waals surface area (Å²) in [6.07, 6.45) is -2.37. The number of pyridine rings is 1. The Labute approximate surface area is 260 Å². The highest BCUT2D eigenvalue weighted by molar-refractivity contribution is 7.97. The number of ether oxygens (including phenoxy) is 1. The van der Waals surface area contributed by atoms with Crippen LogP contribution in [0.15, 0.2) is 71.3 Å². The number of rotatable bonds is 9. The van der Waals surface area contributed by atoms with Crippen LogP contribution in [0, 0.1) is 0 Å². The normalized spacial score (nSPS) is 12.8. The number of fused-ring (bicyclic) bond motifs is 3. The Hall–Kier alpha value is -4.71. The van der Waals surface area contributed by atoms with Crippen LogP contribution in [0.4, 0.5) is 13.2 Å². The van der Waals surface area contributed by atoms with E-state index in [1.54, 1.807) is 59.7 Å². The smallest absolute Gasteiger partial charge is 0.416 e. The highest BCUT2D eigenvalue weighted by Crippen LogP contribution is 2.45. The molecule has 0 radical (unpaired) electrons. The third kappa shape index (κ3) is 6.02. The fraction of sp³-hybridized carbons (Fsp3) is 0.242. The first kappa shape index (κ1) is 30.3. The van der Waals surface area contributed by atoms with Crippen LogP contribution in [-0.2, 0) is 41.9 Å². The molecule has 1 aliphatic rings. The molecule has 0 saturated carbocycles. The lowest BCUT2D eigenvalue weighted by Gasteiger charge is -2.16. The van der Waals surface area contributed by atoms with Gasteiger partial charge in [0, 0.05) is 16.9 Å². The first-order valence-corrected chi connectivity index (χ1v) is 15.4. The number of halogens is 3. The van der Waals surface area contributed by atoms with Crippen molar-refractivity contribution < 1.29 is 37.0 Å². The van der Waals surface area contributed by atoms with E-state index < -0.39 is 17.7 Å². The maximum atomic E-state index is 13.6. The van der Waals surface area contributed by atoms with Gasteiger partial charge in [-0.15, -0.1) is 11.8 Å². The minimum Gasteiger partial charge on any atom is -0.494 e. The molecule has 232 valence electrons.